The number of halogens is 1. The molecule has 0 aliphatic carbocycles. The van der Waals surface area contributed by atoms with Crippen LogP contribution in [0.25, 0.3) is 23.0 Å². The zero-order valence-corrected chi connectivity index (χ0v) is 19.9. The lowest BCUT2D eigenvalue weighted by Crippen LogP contribution is -2.04. The Labute approximate surface area is 202 Å². The van der Waals surface area contributed by atoms with Crippen LogP contribution in [0.3, 0.4) is 0 Å². The second-order valence-electron chi connectivity index (χ2n) is 7.00. The van der Waals surface area contributed by atoms with Crippen LogP contribution in [0.1, 0.15) is 11.5 Å². The summed E-state index contributed by atoms with van der Waals surface area (Å²) in [6, 6.07) is 21.3. The van der Waals surface area contributed by atoms with Gasteiger partial charge in [-0.1, -0.05) is 42.1 Å². The van der Waals surface area contributed by atoms with Crippen molar-refractivity contribution in [1.29, 1.82) is 0 Å². The standard InChI is InChI=1S/C23H18BrN5O3S/c1-30-17-9-7-16(8-10-17)22-27-25-20(32-22)14-33-23-28-26-21(18-11-12-19(24)31-18)29(23)13-15-5-3-2-4-6-15/h2-12H,13-14H2,1H3. The van der Waals surface area contributed by atoms with E-state index >= 15 is 0 Å². The largest absolute Gasteiger partial charge is 0.497 e. The van der Waals surface area contributed by atoms with Gasteiger partial charge in [-0.2, -0.15) is 0 Å². The zero-order chi connectivity index (χ0) is 22.6. The van der Waals surface area contributed by atoms with Crippen molar-refractivity contribution >= 4 is 27.7 Å². The number of thioether (sulfide) groups is 1. The van der Waals surface area contributed by atoms with E-state index in [-0.39, 0.29) is 0 Å². The van der Waals surface area contributed by atoms with Crippen LogP contribution in [0, 0.1) is 0 Å². The molecule has 5 aromatic rings. The van der Waals surface area contributed by atoms with Crippen LogP contribution in [0.5, 0.6) is 5.75 Å². The Hall–Kier alpha value is -3.37. The first-order valence-electron chi connectivity index (χ1n) is 10.0. The first-order valence-corrected chi connectivity index (χ1v) is 11.8. The van der Waals surface area contributed by atoms with E-state index in [1.807, 2.05) is 59.2 Å². The normalized spacial score (nSPS) is 11.1. The van der Waals surface area contributed by atoms with Crippen molar-refractivity contribution < 1.29 is 13.6 Å². The second kappa shape index (κ2) is 9.63. The fourth-order valence-corrected chi connectivity index (χ4v) is 4.29. The van der Waals surface area contributed by atoms with Gasteiger partial charge in [0.15, 0.2) is 15.6 Å². The van der Waals surface area contributed by atoms with Crippen molar-refractivity contribution in [2.24, 2.45) is 0 Å². The number of rotatable bonds is 8. The molecule has 8 nitrogen and oxygen atoms in total. The summed E-state index contributed by atoms with van der Waals surface area (Å²) in [5.74, 6) is 3.47. The molecular formula is C23H18BrN5O3S. The maximum atomic E-state index is 5.85. The average Bonchev–Trinajstić information content (AvgIpc) is 3.59. The van der Waals surface area contributed by atoms with Gasteiger partial charge in [-0.25, -0.2) is 0 Å². The highest BCUT2D eigenvalue weighted by atomic mass is 79.9. The minimum absolute atomic E-state index is 0.456. The lowest BCUT2D eigenvalue weighted by molar-refractivity contribution is 0.415. The summed E-state index contributed by atoms with van der Waals surface area (Å²) in [5, 5.41) is 17.8. The maximum absolute atomic E-state index is 5.85. The highest BCUT2D eigenvalue weighted by molar-refractivity contribution is 9.10. The van der Waals surface area contributed by atoms with Gasteiger partial charge in [0.1, 0.15) is 5.75 Å². The van der Waals surface area contributed by atoms with Crippen molar-refractivity contribution in [3.05, 3.63) is 82.9 Å². The summed E-state index contributed by atoms with van der Waals surface area (Å²) < 4.78 is 19.4. The van der Waals surface area contributed by atoms with Gasteiger partial charge in [-0.15, -0.1) is 20.4 Å². The molecule has 166 valence electrons. The molecule has 0 fully saturated rings. The Morgan fingerprint density at radius 3 is 2.45 bits per heavy atom. The van der Waals surface area contributed by atoms with E-state index in [9.17, 15) is 0 Å². The van der Waals surface area contributed by atoms with E-state index in [2.05, 4.69) is 48.5 Å². The number of benzene rings is 2. The SMILES string of the molecule is COc1ccc(-c2nnc(CSc3nnc(-c4ccc(Br)o4)n3Cc3ccccc3)o2)cc1. The number of hydrogen-bond donors (Lipinski definition) is 0. The zero-order valence-electron chi connectivity index (χ0n) is 17.5. The van der Waals surface area contributed by atoms with Gasteiger partial charge in [0, 0.05) is 5.56 Å². The number of furan rings is 1. The minimum Gasteiger partial charge on any atom is -0.497 e. The average molecular weight is 524 g/mol. The summed E-state index contributed by atoms with van der Waals surface area (Å²) in [5.41, 5.74) is 1.96. The molecular weight excluding hydrogens is 506 g/mol. The van der Waals surface area contributed by atoms with Crippen molar-refractivity contribution in [2.45, 2.75) is 17.5 Å². The fraction of sp³-hybridized carbons (Fsp3) is 0.130. The van der Waals surface area contributed by atoms with Crippen LogP contribution in [0.2, 0.25) is 0 Å². The van der Waals surface area contributed by atoms with E-state index in [1.54, 1.807) is 7.11 Å². The fourth-order valence-electron chi connectivity index (χ4n) is 3.21. The molecule has 0 radical (unpaired) electrons. The lowest BCUT2D eigenvalue weighted by atomic mass is 10.2. The van der Waals surface area contributed by atoms with Crippen LogP contribution in [-0.2, 0) is 12.3 Å². The molecule has 2 aromatic carbocycles. The van der Waals surface area contributed by atoms with Crippen molar-refractivity contribution in [1.82, 2.24) is 25.0 Å². The Kier molecular flexibility index (Phi) is 6.27. The van der Waals surface area contributed by atoms with Crippen molar-refractivity contribution in [3.63, 3.8) is 0 Å². The Morgan fingerprint density at radius 1 is 0.909 bits per heavy atom. The van der Waals surface area contributed by atoms with Gasteiger partial charge < -0.3 is 13.6 Å². The third-order valence-electron chi connectivity index (χ3n) is 4.82. The predicted molar refractivity (Wildman–Crippen MR) is 127 cm³/mol. The van der Waals surface area contributed by atoms with Crippen LogP contribution in [0.4, 0.5) is 0 Å². The molecule has 0 spiro atoms. The van der Waals surface area contributed by atoms with Gasteiger partial charge >= 0.3 is 0 Å². The van der Waals surface area contributed by atoms with Crippen LogP contribution >= 0.6 is 27.7 Å². The van der Waals surface area contributed by atoms with Gasteiger partial charge in [0.25, 0.3) is 0 Å². The topological polar surface area (TPSA) is 92.0 Å². The van der Waals surface area contributed by atoms with Crippen LogP contribution in [0.15, 0.2) is 85.4 Å². The molecule has 0 atom stereocenters. The minimum atomic E-state index is 0.456. The monoisotopic (exact) mass is 523 g/mol. The predicted octanol–water partition coefficient (Wildman–Crippen LogP) is 5.70. The Morgan fingerprint density at radius 2 is 1.73 bits per heavy atom. The molecule has 33 heavy (non-hydrogen) atoms. The second-order valence-corrected chi connectivity index (χ2v) is 8.72. The molecule has 10 heteroatoms. The lowest BCUT2D eigenvalue weighted by Gasteiger charge is -2.08. The first-order chi connectivity index (χ1) is 16.2. The van der Waals surface area contributed by atoms with E-state index < -0.39 is 0 Å². The molecule has 0 bridgehead atoms. The van der Waals surface area contributed by atoms with E-state index in [0.29, 0.717) is 40.3 Å². The molecule has 0 unspecified atom stereocenters. The molecule has 3 heterocycles. The summed E-state index contributed by atoms with van der Waals surface area (Å²) in [4.78, 5) is 0. The van der Waals surface area contributed by atoms with Gasteiger partial charge in [0.2, 0.25) is 17.6 Å². The number of hydrogen-bond acceptors (Lipinski definition) is 8. The van der Waals surface area contributed by atoms with Crippen LogP contribution < -0.4 is 4.74 Å². The third kappa shape index (κ3) is 4.86. The molecule has 0 aliphatic rings. The van der Waals surface area contributed by atoms with Gasteiger partial charge in [-0.3, -0.25) is 4.57 Å². The van der Waals surface area contributed by atoms with E-state index in [0.717, 1.165) is 22.0 Å². The number of nitrogens with zero attached hydrogens (tertiary/aromatic N) is 5. The quantitative estimate of drug-likeness (QED) is 0.239. The highest BCUT2D eigenvalue weighted by Crippen LogP contribution is 2.30. The number of methoxy groups -OCH3 is 1. The van der Waals surface area contributed by atoms with Gasteiger partial charge in [-0.05, 0) is 57.9 Å². The summed E-state index contributed by atoms with van der Waals surface area (Å²) in [7, 11) is 1.63. The highest BCUT2D eigenvalue weighted by Gasteiger charge is 2.19. The Bertz CT molecular complexity index is 1350. The molecule has 3 aromatic heterocycles. The molecule has 0 saturated carbocycles. The summed E-state index contributed by atoms with van der Waals surface area (Å²) in [6.07, 6.45) is 0. The van der Waals surface area contributed by atoms with E-state index in [4.69, 9.17) is 13.6 Å². The van der Waals surface area contributed by atoms with Crippen molar-refractivity contribution in [2.75, 3.05) is 7.11 Å². The smallest absolute Gasteiger partial charge is 0.247 e. The molecule has 0 amide bonds. The maximum Gasteiger partial charge on any atom is 0.247 e. The number of ether oxygens (including phenoxy) is 1. The first kappa shape index (κ1) is 21.5. The summed E-state index contributed by atoms with van der Waals surface area (Å²) in [6.45, 7) is 0.602. The van der Waals surface area contributed by atoms with E-state index in [1.165, 1.54) is 11.8 Å². The molecule has 0 aliphatic heterocycles. The number of aromatic nitrogens is 5. The third-order valence-corrected chi connectivity index (χ3v) is 6.20. The summed E-state index contributed by atoms with van der Waals surface area (Å²) >= 11 is 4.83. The Balaban J connectivity index is 1.37. The van der Waals surface area contributed by atoms with Gasteiger partial charge in [0.05, 0.1) is 19.4 Å². The molecule has 0 N–H and O–H groups in total. The van der Waals surface area contributed by atoms with Crippen molar-refractivity contribution in [3.8, 4) is 28.8 Å². The molecule has 0 saturated heterocycles. The molecule has 5 rings (SSSR count). The van der Waals surface area contributed by atoms with Crippen LogP contribution in [-0.4, -0.2) is 32.1 Å².